The molecule has 1 atom stereocenters. The maximum Gasteiger partial charge on any atom is 0.421 e. The number of fused-ring (bicyclic) bond motifs is 2. The van der Waals surface area contributed by atoms with Crippen LogP contribution in [0.4, 0.5) is 26.3 Å². The molecule has 0 unspecified atom stereocenters. The Morgan fingerprint density at radius 1 is 1.13 bits per heavy atom. The average Bonchev–Trinajstić information content (AvgIpc) is 3.62. The first kappa shape index (κ1) is 31.3. The maximum atomic E-state index is 14.3. The number of hydrogen-bond acceptors (Lipinski definition) is 8. The summed E-state index contributed by atoms with van der Waals surface area (Å²) in [5.41, 5.74) is 1.36. The van der Waals surface area contributed by atoms with Gasteiger partial charge in [0, 0.05) is 30.3 Å². The number of ether oxygens (including phenoxy) is 2. The minimum Gasteiger partial charge on any atom is -0.472 e. The van der Waals surface area contributed by atoms with Crippen molar-refractivity contribution in [2.45, 2.75) is 57.8 Å². The Bertz CT molecular complexity index is 1940. The highest BCUT2D eigenvalue weighted by molar-refractivity contribution is 6.30. The number of pyridine rings is 2. The number of nitrogens with zero attached hydrogens (tertiary/aromatic N) is 7. The van der Waals surface area contributed by atoms with Gasteiger partial charge in [-0.25, -0.2) is 28.1 Å². The number of H-pyrrole nitrogens is 1. The summed E-state index contributed by atoms with van der Waals surface area (Å²) >= 11 is 5.79. The van der Waals surface area contributed by atoms with Crippen molar-refractivity contribution in [2.75, 3.05) is 13.2 Å². The van der Waals surface area contributed by atoms with Gasteiger partial charge in [0.05, 0.1) is 42.1 Å². The van der Waals surface area contributed by atoms with Gasteiger partial charge in [-0.15, -0.1) is 0 Å². The summed E-state index contributed by atoms with van der Waals surface area (Å²) in [7, 11) is 0. The minimum atomic E-state index is -4.74. The third kappa shape index (κ3) is 6.49. The van der Waals surface area contributed by atoms with E-state index in [1.807, 2.05) is 9.47 Å². The standard InChI is InChI=1S/C30H25ClF6N8O2/c31-17-2-1-16(20(32)8-17)14-47-29-19(30(35,36)37)7-15-3-5-44(12-23(15)40-29)13-25-39-21-9-22(27-41-28(26(33)34)43-42-27)38-10-24(21)45(25)11-18-4-6-46-18/h1-2,7-10,18,26H,3-6,11-14H2,(H,41,42,43)/t18-/m0/s1. The van der Waals surface area contributed by atoms with Gasteiger partial charge in [0.2, 0.25) is 5.88 Å². The van der Waals surface area contributed by atoms with E-state index >= 15 is 0 Å². The fourth-order valence-corrected chi connectivity index (χ4v) is 5.73. The molecule has 4 aromatic heterocycles. The van der Waals surface area contributed by atoms with Crippen molar-refractivity contribution in [3.05, 3.63) is 81.4 Å². The van der Waals surface area contributed by atoms with Gasteiger partial charge in [0.15, 0.2) is 11.6 Å². The lowest BCUT2D eigenvalue weighted by Gasteiger charge is -2.30. The molecule has 0 bridgehead atoms. The van der Waals surface area contributed by atoms with Crippen LogP contribution in [-0.2, 0) is 43.6 Å². The topological polar surface area (TPSA) is 107 Å². The van der Waals surface area contributed by atoms with Crippen LogP contribution >= 0.6 is 11.6 Å². The number of aromatic amines is 1. The largest absolute Gasteiger partial charge is 0.472 e. The molecule has 1 saturated heterocycles. The molecule has 0 saturated carbocycles. The molecule has 2 aliphatic rings. The molecule has 47 heavy (non-hydrogen) atoms. The Balaban J connectivity index is 1.16. The van der Waals surface area contributed by atoms with Crippen LogP contribution in [0.5, 0.6) is 5.88 Å². The summed E-state index contributed by atoms with van der Waals surface area (Å²) < 4.78 is 95.5. The lowest BCUT2D eigenvalue weighted by Crippen LogP contribution is -2.34. The smallest absolute Gasteiger partial charge is 0.421 e. The molecule has 0 spiro atoms. The number of imidazole rings is 1. The lowest BCUT2D eigenvalue weighted by atomic mass is 10.0. The molecular formula is C30H25ClF6N8O2. The number of hydrogen-bond donors (Lipinski definition) is 1. The van der Waals surface area contributed by atoms with Crippen LogP contribution in [0, 0.1) is 5.82 Å². The zero-order valence-corrected chi connectivity index (χ0v) is 25.1. The summed E-state index contributed by atoms with van der Waals surface area (Å²) in [5, 5.41) is 6.20. The first-order valence-corrected chi connectivity index (χ1v) is 15.0. The fourth-order valence-electron chi connectivity index (χ4n) is 5.57. The van der Waals surface area contributed by atoms with E-state index in [4.69, 9.17) is 26.1 Å². The fraction of sp³-hybridized carbons (Fsp3) is 0.367. The zero-order chi connectivity index (χ0) is 32.9. The lowest BCUT2D eigenvalue weighted by molar-refractivity contribution is -0.139. The Hall–Kier alpha value is -4.28. The van der Waals surface area contributed by atoms with Gasteiger partial charge in [-0.3, -0.25) is 15.0 Å². The zero-order valence-electron chi connectivity index (χ0n) is 24.4. The van der Waals surface area contributed by atoms with E-state index in [1.165, 1.54) is 12.1 Å². The molecule has 246 valence electrons. The second-order valence-electron chi connectivity index (χ2n) is 11.3. The Kier molecular flexibility index (Phi) is 8.26. The second kappa shape index (κ2) is 12.4. The first-order chi connectivity index (χ1) is 22.5. The van der Waals surface area contributed by atoms with Crippen molar-refractivity contribution in [1.82, 2.24) is 39.6 Å². The number of nitrogens with one attached hydrogen (secondary N) is 1. The van der Waals surface area contributed by atoms with Crippen LogP contribution in [0.3, 0.4) is 0 Å². The van der Waals surface area contributed by atoms with Gasteiger partial charge < -0.3 is 14.0 Å². The van der Waals surface area contributed by atoms with E-state index in [9.17, 15) is 26.3 Å². The predicted octanol–water partition coefficient (Wildman–Crippen LogP) is 6.29. The third-order valence-electron chi connectivity index (χ3n) is 8.11. The summed E-state index contributed by atoms with van der Waals surface area (Å²) in [6.07, 6.45) is -4.83. The Labute approximate surface area is 267 Å². The van der Waals surface area contributed by atoms with Crippen LogP contribution in [0.25, 0.3) is 22.6 Å². The molecule has 5 aromatic rings. The quantitative estimate of drug-likeness (QED) is 0.182. The molecule has 0 amide bonds. The van der Waals surface area contributed by atoms with Crippen LogP contribution < -0.4 is 4.74 Å². The average molecular weight is 679 g/mol. The van der Waals surface area contributed by atoms with Crippen molar-refractivity contribution >= 4 is 22.6 Å². The van der Waals surface area contributed by atoms with E-state index < -0.39 is 42.3 Å². The van der Waals surface area contributed by atoms with Gasteiger partial charge in [0.1, 0.15) is 29.5 Å². The van der Waals surface area contributed by atoms with Gasteiger partial charge >= 0.3 is 6.18 Å². The maximum absolute atomic E-state index is 14.3. The molecule has 7 rings (SSSR count). The number of aromatic nitrogens is 7. The Morgan fingerprint density at radius 3 is 2.66 bits per heavy atom. The molecule has 6 heterocycles. The van der Waals surface area contributed by atoms with Crippen molar-refractivity contribution in [2.24, 2.45) is 0 Å². The SMILES string of the molecule is Fc1cc(Cl)ccc1COc1nc2c(cc1C(F)(F)F)CCN(Cc1nc3cc(-c4n[nH]c(C(F)F)n4)ncc3n1C[C@@H]1CCO1)C2. The summed E-state index contributed by atoms with van der Waals surface area (Å²) in [5.74, 6) is -1.24. The molecule has 2 aliphatic heterocycles. The number of benzene rings is 1. The van der Waals surface area contributed by atoms with Crippen molar-refractivity contribution in [3.63, 3.8) is 0 Å². The normalized spacial score (nSPS) is 16.9. The highest BCUT2D eigenvalue weighted by Crippen LogP contribution is 2.38. The van der Waals surface area contributed by atoms with E-state index in [2.05, 4.69) is 25.1 Å². The van der Waals surface area contributed by atoms with E-state index in [0.717, 1.165) is 18.6 Å². The molecule has 10 nitrogen and oxygen atoms in total. The molecular weight excluding hydrogens is 654 g/mol. The molecule has 0 aliphatic carbocycles. The Morgan fingerprint density at radius 2 is 1.96 bits per heavy atom. The van der Waals surface area contributed by atoms with Gasteiger partial charge in [-0.2, -0.15) is 18.3 Å². The molecule has 1 fully saturated rings. The first-order valence-electron chi connectivity index (χ1n) is 14.6. The summed E-state index contributed by atoms with van der Waals surface area (Å²) in [6.45, 7) is 1.64. The molecule has 1 N–H and O–H groups in total. The van der Waals surface area contributed by atoms with Gasteiger partial charge in [-0.1, -0.05) is 17.7 Å². The van der Waals surface area contributed by atoms with E-state index in [-0.39, 0.29) is 34.8 Å². The van der Waals surface area contributed by atoms with E-state index in [1.54, 1.807) is 12.3 Å². The molecule has 0 radical (unpaired) electrons. The van der Waals surface area contributed by atoms with Crippen LogP contribution in [0.15, 0.2) is 36.5 Å². The van der Waals surface area contributed by atoms with Crippen LogP contribution in [0.1, 0.15) is 46.9 Å². The van der Waals surface area contributed by atoms with Crippen molar-refractivity contribution < 1.29 is 35.8 Å². The van der Waals surface area contributed by atoms with Crippen LogP contribution in [0.2, 0.25) is 5.02 Å². The summed E-state index contributed by atoms with van der Waals surface area (Å²) in [4.78, 5) is 19.3. The molecule has 1 aromatic carbocycles. The van der Waals surface area contributed by atoms with Gasteiger partial charge in [0.25, 0.3) is 6.43 Å². The van der Waals surface area contributed by atoms with E-state index in [0.29, 0.717) is 60.8 Å². The number of alkyl halides is 5. The van der Waals surface area contributed by atoms with Gasteiger partial charge in [-0.05, 0) is 42.7 Å². The van der Waals surface area contributed by atoms with Crippen LogP contribution in [-0.4, -0.2) is 58.9 Å². The van der Waals surface area contributed by atoms with Crippen molar-refractivity contribution in [1.29, 1.82) is 0 Å². The summed E-state index contributed by atoms with van der Waals surface area (Å²) in [6, 6.07) is 6.49. The molecule has 17 heteroatoms. The minimum absolute atomic E-state index is 0.00869. The highest BCUT2D eigenvalue weighted by Gasteiger charge is 2.37. The highest BCUT2D eigenvalue weighted by atomic mass is 35.5. The predicted molar refractivity (Wildman–Crippen MR) is 155 cm³/mol. The third-order valence-corrected chi connectivity index (χ3v) is 8.34. The number of halogens is 7. The van der Waals surface area contributed by atoms with Crippen molar-refractivity contribution in [3.8, 4) is 17.4 Å². The second-order valence-corrected chi connectivity index (χ2v) is 11.7. The monoisotopic (exact) mass is 678 g/mol. The number of rotatable bonds is 9.